The van der Waals surface area contributed by atoms with Crippen LogP contribution in [0.15, 0.2) is 18.2 Å². The largest absolute Gasteiger partial charge is 0.496 e. The smallest absolute Gasteiger partial charge is 0.465 e. The molecular weight excluding hydrogens is 335 g/mol. The van der Waals surface area contributed by atoms with Crippen molar-refractivity contribution in [2.24, 2.45) is 0 Å². The molecule has 2 heterocycles. The van der Waals surface area contributed by atoms with Crippen LogP contribution in [0.5, 0.6) is 0 Å². The monoisotopic (exact) mass is 352 g/mol. The van der Waals surface area contributed by atoms with Crippen LogP contribution in [0.2, 0.25) is 5.02 Å². The van der Waals surface area contributed by atoms with Gasteiger partial charge in [0, 0.05) is 5.46 Å². The summed E-state index contributed by atoms with van der Waals surface area (Å²) >= 11 is 7.88. The lowest BCUT2D eigenvalue weighted by Crippen LogP contribution is -2.41. The number of hydrogen-bond donors (Lipinski definition) is 0. The van der Waals surface area contributed by atoms with Crippen molar-refractivity contribution in [3.8, 4) is 0 Å². The average molecular weight is 353 g/mol. The Hall–Kier alpha value is -1.08. The number of ether oxygens (including phenoxy) is 1. The summed E-state index contributed by atoms with van der Waals surface area (Å²) in [6.07, 6.45) is 0. The highest BCUT2D eigenvalue weighted by atomic mass is 35.5. The predicted octanol–water partition coefficient (Wildman–Crippen LogP) is 3.64. The molecule has 0 aliphatic carbocycles. The number of rotatable bonds is 2. The minimum absolute atomic E-state index is 0.362. The van der Waals surface area contributed by atoms with E-state index in [1.165, 1.54) is 18.4 Å². The van der Waals surface area contributed by atoms with Crippen LogP contribution in [0, 0.1) is 0 Å². The van der Waals surface area contributed by atoms with Gasteiger partial charge in [-0.1, -0.05) is 23.7 Å². The maximum absolute atomic E-state index is 11.7. The third-order valence-electron chi connectivity index (χ3n) is 4.55. The first-order chi connectivity index (χ1) is 10.7. The Morgan fingerprint density at radius 2 is 1.83 bits per heavy atom. The van der Waals surface area contributed by atoms with Crippen LogP contribution in [0.25, 0.3) is 10.1 Å². The summed E-state index contributed by atoms with van der Waals surface area (Å²) in [4.78, 5) is 12.2. The number of carbonyl (C=O) groups is 1. The van der Waals surface area contributed by atoms with E-state index >= 15 is 0 Å². The molecule has 1 aliphatic rings. The number of carbonyl (C=O) groups excluding carboxylic acids is 1. The van der Waals surface area contributed by atoms with Crippen molar-refractivity contribution >= 4 is 51.6 Å². The van der Waals surface area contributed by atoms with Gasteiger partial charge in [-0.2, -0.15) is 0 Å². The average Bonchev–Trinajstić information content (AvgIpc) is 2.98. The van der Waals surface area contributed by atoms with E-state index in [9.17, 15) is 4.79 Å². The molecule has 1 aliphatic heterocycles. The molecule has 0 atom stereocenters. The van der Waals surface area contributed by atoms with Crippen molar-refractivity contribution < 1.29 is 18.8 Å². The summed E-state index contributed by atoms with van der Waals surface area (Å²) in [5, 5.41) is 1.46. The Kier molecular flexibility index (Phi) is 4.00. The maximum atomic E-state index is 11.7. The number of methoxy groups -OCH3 is 1. The van der Waals surface area contributed by atoms with Crippen LogP contribution < -0.4 is 5.46 Å². The molecule has 0 N–H and O–H groups in total. The number of hydrogen-bond acceptors (Lipinski definition) is 5. The molecule has 23 heavy (non-hydrogen) atoms. The molecule has 122 valence electrons. The van der Waals surface area contributed by atoms with Crippen molar-refractivity contribution in [3.63, 3.8) is 0 Å². The van der Waals surface area contributed by atoms with Gasteiger partial charge in [-0.3, -0.25) is 0 Å². The molecule has 0 spiro atoms. The first-order valence-corrected chi connectivity index (χ1v) is 8.51. The van der Waals surface area contributed by atoms with Gasteiger partial charge >= 0.3 is 13.1 Å². The first kappa shape index (κ1) is 16.8. The molecule has 1 saturated heterocycles. The van der Waals surface area contributed by atoms with Gasteiger partial charge in [0.15, 0.2) is 0 Å². The molecule has 1 aromatic carbocycles. The van der Waals surface area contributed by atoms with Gasteiger partial charge in [0.2, 0.25) is 0 Å². The molecule has 1 aromatic heterocycles. The van der Waals surface area contributed by atoms with E-state index in [1.807, 2.05) is 39.8 Å². The van der Waals surface area contributed by atoms with Gasteiger partial charge in [-0.25, -0.2) is 4.79 Å². The molecule has 1 fully saturated rings. The van der Waals surface area contributed by atoms with Gasteiger partial charge in [0.1, 0.15) is 4.88 Å². The van der Waals surface area contributed by atoms with E-state index in [0.29, 0.717) is 9.90 Å². The van der Waals surface area contributed by atoms with E-state index in [0.717, 1.165) is 15.5 Å². The van der Waals surface area contributed by atoms with Crippen LogP contribution >= 0.6 is 22.9 Å². The summed E-state index contributed by atoms with van der Waals surface area (Å²) in [5.74, 6) is -0.362. The third-order valence-corrected chi connectivity index (χ3v) is 6.22. The normalized spacial score (nSPS) is 19.3. The zero-order chi connectivity index (χ0) is 17.0. The first-order valence-electron chi connectivity index (χ1n) is 7.32. The second kappa shape index (κ2) is 5.48. The summed E-state index contributed by atoms with van der Waals surface area (Å²) in [6, 6.07) is 5.59. The van der Waals surface area contributed by atoms with E-state index in [1.54, 1.807) is 6.07 Å². The summed E-state index contributed by atoms with van der Waals surface area (Å²) in [5.41, 5.74) is -0.0818. The highest BCUT2D eigenvalue weighted by Gasteiger charge is 2.52. The van der Waals surface area contributed by atoms with Gasteiger partial charge < -0.3 is 14.0 Å². The Labute approximate surface area is 144 Å². The highest BCUT2D eigenvalue weighted by Crippen LogP contribution is 2.38. The lowest BCUT2D eigenvalue weighted by atomic mass is 9.79. The van der Waals surface area contributed by atoms with Crippen molar-refractivity contribution in [3.05, 3.63) is 28.1 Å². The van der Waals surface area contributed by atoms with Gasteiger partial charge in [0.05, 0.1) is 28.0 Å². The Balaban J connectivity index is 2.03. The zero-order valence-electron chi connectivity index (χ0n) is 13.7. The molecule has 4 nitrogen and oxygen atoms in total. The Morgan fingerprint density at radius 3 is 2.39 bits per heavy atom. The number of esters is 1. The number of halogens is 1. The fourth-order valence-electron chi connectivity index (χ4n) is 2.44. The van der Waals surface area contributed by atoms with Gasteiger partial charge in [0.25, 0.3) is 0 Å². The van der Waals surface area contributed by atoms with E-state index in [2.05, 4.69) is 0 Å². The van der Waals surface area contributed by atoms with Crippen LogP contribution in [0.3, 0.4) is 0 Å². The van der Waals surface area contributed by atoms with Crippen LogP contribution in [-0.4, -0.2) is 31.4 Å². The van der Waals surface area contributed by atoms with Crippen molar-refractivity contribution in [1.82, 2.24) is 0 Å². The van der Waals surface area contributed by atoms with Crippen molar-refractivity contribution in [2.75, 3.05) is 7.11 Å². The molecule has 0 amide bonds. The van der Waals surface area contributed by atoms with Crippen molar-refractivity contribution in [2.45, 2.75) is 38.9 Å². The molecule has 0 radical (unpaired) electrons. The van der Waals surface area contributed by atoms with E-state index in [-0.39, 0.29) is 5.97 Å². The van der Waals surface area contributed by atoms with E-state index in [4.69, 9.17) is 25.6 Å². The molecular formula is C16H18BClO4S. The Morgan fingerprint density at radius 1 is 1.22 bits per heavy atom. The second-order valence-electron chi connectivity index (χ2n) is 6.58. The fourth-order valence-corrected chi connectivity index (χ4v) is 3.84. The van der Waals surface area contributed by atoms with Crippen LogP contribution in [-0.2, 0) is 14.0 Å². The molecule has 3 rings (SSSR count). The van der Waals surface area contributed by atoms with Gasteiger partial charge in [-0.15, -0.1) is 11.3 Å². The molecule has 0 unspecified atom stereocenters. The molecule has 7 heteroatoms. The third kappa shape index (κ3) is 2.68. The lowest BCUT2D eigenvalue weighted by Gasteiger charge is -2.32. The minimum Gasteiger partial charge on any atom is -0.465 e. The number of thiophene rings is 1. The lowest BCUT2D eigenvalue weighted by molar-refractivity contribution is 0.00578. The number of fused-ring (bicyclic) bond motifs is 1. The number of benzene rings is 1. The highest BCUT2D eigenvalue weighted by molar-refractivity contribution is 7.21. The molecule has 0 bridgehead atoms. The standard InChI is InChI=1S/C16H18BClO4S/c1-15(2)16(3,4)22-17(21-15)10-7-6-9-8-11(14(19)20-5)23-13(9)12(10)18/h6-8H,1-5H3. The predicted molar refractivity (Wildman–Crippen MR) is 93.9 cm³/mol. The maximum Gasteiger partial charge on any atom is 0.496 e. The summed E-state index contributed by atoms with van der Waals surface area (Å²) in [6.45, 7) is 8.00. The second-order valence-corrected chi connectivity index (χ2v) is 8.01. The van der Waals surface area contributed by atoms with Crippen LogP contribution in [0.4, 0.5) is 0 Å². The minimum atomic E-state index is -0.527. The fraction of sp³-hybridized carbons (Fsp3) is 0.438. The SMILES string of the molecule is COC(=O)c1cc2ccc(B3OC(C)(C)C(C)(C)O3)c(Cl)c2s1. The van der Waals surface area contributed by atoms with Crippen molar-refractivity contribution in [1.29, 1.82) is 0 Å². The Bertz CT molecular complexity index is 768. The summed E-state index contributed by atoms with van der Waals surface area (Å²) in [7, 11) is 0.838. The zero-order valence-corrected chi connectivity index (χ0v) is 15.3. The molecule has 0 saturated carbocycles. The summed E-state index contributed by atoms with van der Waals surface area (Å²) < 4.78 is 17.7. The quantitative estimate of drug-likeness (QED) is 0.611. The van der Waals surface area contributed by atoms with E-state index < -0.39 is 18.3 Å². The topological polar surface area (TPSA) is 44.8 Å². The molecule has 2 aromatic rings. The van der Waals surface area contributed by atoms with Crippen LogP contribution in [0.1, 0.15) is 37.4 Å². The van der Waals surface area contributed by atoms with Gasteiger partial charge in [-0.05, 0) is 39.1 Å².